The third-order valence-electron chi connectivity index (χ3n) is 5.64. The number of hydrogen-bond acceptors (Lipinski definition) is 6. The summed E-state index contributed by atoms with van der Waals surface area (Å²) in [7, 11) is -2.07. The van der Waals surface area contributed by atoms with Crippen LogP contribution in [0.15, 0.2) is 35.1 Å². The van der Waals surface area contributed by atoms with Gasteiger partial charge < -0.3 is 4.74 Å². The van der Waals surface area contributed by atoms with E-state index in [1.54, 1.807) is 12.0 Å². The summed E-state index contributed by atoms with van der Waals surface area (Å²) in [5, 5.41) is 3.63. The number of rotatable bonds is 10. The largest absolute Gasteiger partial charge is 0.364 e. The molecule has 16 heteroatoms. The number of alkyl halides is 3. The molecular weight excluding hydrogens is 627 g/mol. The maximum absolute atomic E-state index is 12.8. The first-order valence-electron chi connectivity index (χ1n) is 12.1. The SMILES string of the molecule is CCc1cccc(CC)c1N(COC)C(=O)CCl.Cc1nn(-c2cc(NS(C)(=O)=O)c(Cl)cc2Cl)c(=O)n1C(F)F. The number of anilines is 2. The molecule has 226 valence electrons. The lowest BCUT2D eigenvalue weighted by Gasteiger charge is -2.26. The van der Waals surface area contributed by atoms with Crippen LogP contribution < -0.4 is 15.3 Å². The molecule has 1 heterocycles. The summed E-state index contributed by atoms with van der Waals surface area (Å²) < 4.78 is 56.4. The molecule has 1 N–H and O–H groups in total. The lowest BCUT2D eigenvalue weighted by molar-refractivity contribution is -0.117. The summed E-state index contributed by atoms with van der Waals surface area (Å²) in [6.07, 6.45) is 2.65. The fourth-order valence-electron chi connectivity index (χ4n) is 3.86. The number of amides is 1. The number of sulfonamides is 1. The molecule has 0 bridgehead atoms. The Kier molecular flexibility index (Phi) is 12.6. The van der Waals surface area contributed by atoms with Crippen molar-refractivity contribution in [3.8, 4) is 5.69 Å². The van der Waals surface area contributed by atoms with E-state index in [0.717, 1.165) is 42.0 Å². The van der Waals surface area contributed by atoms with Crippen molar-refractivity contribution in [2.45, 2.75) is 40.2 Å². The summed E-state index contributed by atoms with van der Waals surface area (Å²) in [5.41, 5.74) is 1.97. The number of benzene rings is 2. The van der Waals surface area contributed by atoms with Crippen molar-refractivity contribution in [2.75, 3.05) is 35.6 Å². The minimum atomic E-state index is -3.65. The lowest BCUT2D eigenvalue weighted by Crippen LogP contribution is -2.35. The van der Waals surface area contributed by atoms with Crippen molar-refractivity contribution in [2.24, 2.45) is 0 Å². The molecule has 1 aromatic heterocycles. The van der Waals surface area contributed by atoms with Crippen molar-refractivity contribution < 1.29 is 26.7 Å². The van der Waals surface area contributed by atoms with E-state index in [4.69, 9.17) is 39.5 Å². The minimum Gasteiger partial charge on any atom is -0.364 e. The van der Waals surface area contributed by atoms with Crippen LogP contribution in [-0.2, 0) is 32.4 Å². The van der Waals surface area contributed by atoms with E-state index in [2.05, 4.69) is 23.7 Å². The Labute approximate surface area is 251 Å². The van der Waals surface area contributed by atoms with E-state index in [-0.39, 0.29) is 50.3 Å². The lowest BCUT2D eigenvalue weighted by atomic mass is 10.0. The van der Waals surface area contributed by atoms with E-state index in [1.165, 1.54) is 13.0 Å². The van der Waals surface area contributed by atoms with Crippen LogP contribution in [-0.4, -0.2) is 54.6 Å². The molecule has 0 atom stereocenters. The number of para-hydroxylation sites is 1. The average molecular weight is 657 g/mol. The van der Waals surface area contributed by atoms with Crippen LogP contribution in [0.3, 0.4) is 0 Å². The van der Waals surface area contributed by atoms with Crippen molar-refractivity contribution in [1.29, 1.82) is 0 Å². The zero-order valence-electron chi connectivity index (χ0n) is 22.9. The molecule has 0 saturated heterocycles. The normalized spacial score (nSPS) is 11.3. The summed E-state index contributed by atoms with van der Waals surface area (Å²) in [4.78, 5) is 25.6. The number of carbonyl (C=O) groups excluding carboxylic acids is 1. The molecule has 2 aromatic carbocycles. The highest BCUT2D eigenvalue weighted by Gasteiger charge is 2.22. The smallest absolute Gasteiger partial charge is 0.355 e. The zero-order valence-corrected chi connectivity index (χ0v) is 26.0. The van der Waals surface area contributed by atoms with Gasteiger partial charge in [-0.05, 0) is 43.0 Å². The number of aromatic nitrogens is 3. The van der Waals surface area contributed by atoms with Gasteiger partial charge in [0.2, 0.25) is 15.9 Å². The quantitative estimate of drug-likeness (QED) is 0.231. The number of halogens is 5. The van der Waals surface area contributed by atoms with Crippen LogP contribution in [0.25, 0.3) is 5.69 Å². The van der Waals surface area contributed by atoms with Gasteiger partial charge in [-0.15, -0.1) is 16.7 Å². The van der Waals surface area contributed by atoms with Gasteiger partial charge in [-0.25, -0.2) is 17.8 Å². The Morgan fingerprint density at radius 3 is 2.17 bits per heavy atom. The Bertz CT molecular complexity index is 1520. The minimum absolute atomic E-state index is 0.0257. The van der Waals surface area contributed by atoms with E-state index >= 15 is 0 Å². The Morgan fingerprint density at radius 1 is 1.15 bits per heavy atom. The molecule has 0 radical (unpaired) electrons. The van der Waals surface area contributed by atoms with Gasteiger partial charge in [-0.2, -0.15) is 13.5 Å². The van der Waals surface area contributed by atoms with Gasteiger partial charge in [-0.1, -0.05) is 55.2 Å². The van der Waals surface area contributed by atoms with Gasteiger partial charge in [0, 0.05) is 7.11 Å². The molecule has 0 spiro atoms. The highest BCUT2D eigenvalue weighted by Crippen LogP contribution is 2.32. The molecule has 0 saturated carbocycles. The molecule has 0 aliphatic carbocycles. The maximum Gasteiger partial charge on any atom is 0.355 e. The van der Waals surface area contributed by atoms with Crippen LogP contribution in [0.4, 0.5) is 20.2 Å². The number of hydrogen-bond donors (Lipinski definition) is 1. The number of nitrogens with one attached hydrogen (secondary N) is 1. The predicted octanol–water partition coefficient (Wildman–Crippen LogP) is 5.40. The maximum atomic E-state index is 12.8. The molecule has 0 fully saturated rings. The molecule has 10 nitrogen and oxygen atoms in total. The third kappa shape index (κ3) is 8.65. The van der Waals surface area contributed by atoms with Gasteiger partial charge in [0.25, 0.3) is 0 Å². The second-order valence-electron chi connectivity index (χ2n) is 8.55. The van der Waals surface area contributed by atoms with E-state index in [1.807, 2.05) is 18.2 Å². The zero-order chi connectivity index (χ0) is 31.1. The standard InChI is InChI=1S/C14H20ClNO2.C11H10Cl2F2N4O3S/c1-4-11-7-6-8-12(5-2)14(11)16(10-18-3)13(17)9-15;1-5-16-19(11(20)18(5)10(14)15)9-4-8(17-23(2,21)22)6(12)3-7(9)13/h6-8H,4-5,9-10H2,1-3H3;3-4,10,17H,1-2H3. The third-order valence-corrected chi connectivity index (χ3v) is 7.08. The number of nitrogens with zero attached hydrogens (tertiary/aromatic N) is 4. The Balaban J connectivity index is 0.000000296. The van der Waals surface area contributed by atoms with Crippen molar-refractivity contribution in [3.63, 3.8) is 0 Å². The highest BCUT2D eigenvalue weighted by molar-refractivity contribution is 7.92. The number of methoxy groups -OCH3 is 1. The molecule has 41 heavy (non-hydrogen) atoms. The summed E-state index contributed by atoms with van der Waals surface area (Å²) in [6, 6.07) is 8.42. The van der Waals surface area contributed by atoms with E-state index in [9.17, 15) is 26.8 Å². The van der Waals surface area contributed by atoms with Gasteiger partial charge in [0.05, 0.1) is 33.4 Å². The predicted molar refractivity (Wildman–Crippen MR) is 158 cm³/mol. The van der Waals surface area contributed by atoms with Crippen molar-refractivity contribution in [1.82, 2.24) is 14.3 Å². The molecular formula is C25H30Cl3F2N5O5S. The summed E-state index contributed by atoms with van der Waals surface area (Å²) in [6.45, 7) is 2.54. The number of ether oxygens (including phenoxy) is 1. The van der Waals surface area contributed by atoms with Gasteiger partial charge in [0.1, 0.15) is 18.4 Å². The first kappa shape index (κ1) is 34.5. The van der Waals surface area contributed by atoms with Crippen LogP contribution in [0.2, 0.25) is 10.0 Å². The summed E-state index contributed by atoms with van der Waals surface area (Å²) in [5.74, 6) is -0.396. The molecule has 0 aliphatic rings. The highest BCUT2D eigenvalue weighted by atomic mass is 35.5. The van der Waals surface area contributed by atoms with E-state index < -0.39 is 22.3 Å². The second kappa shape index (κ2) is 15.0. The van der Waals surface area contributed by atoms with Crippen LogP contribution >= 0.6 is 34.8 Å². The number of carbonyl (C=O) groups is 1. The first-order chi connectivity index (χ1) is 19.2. The molecule has 3 rings (SSSR count). The van der Waals surface area contributed by atoms with Gasteiger partial charge in [0.15, 0.2) is 0 Å². The molecule has 0 aliphatic heterocycles. The number of aryl methyl sites for hydroxylation is 3. The van der Waals surface area contributed by atoms with Crippen LogP contribution in [0.5, 0.6) is 0 Å². The second-order valence-corrected chi connectivity index (χ2v) is 11.4. The average Bonchev–Trinajstić information content (AvgIpc) is 3.21. The monoisotopic (exact) mass is 655 g/mol. The van der Waals surface area contributed by atoms with Crippen molar-refractivity contribution in [3.05, 3.63) is 67.8 Å². The topological polar surface area (TPSA) is 116 Å². The van der Waals surface area contributed by atoms with Crippen molar-refractivity contribution >= 4 is 62.1 Å². The molecule has 0 unspecified atom stereocenters. The van der Waals surface area contributed by atoms with Gasteiger partial charge in [-0.3, -0.25) is 14.4 Å². The summed E-state index contributed by atoms with van der Waals surface area (Å²) >= 11 is 17.5. The Morgan fingerprint density at radius 2 is 1.73 bits per heavy atom. The van der Waals surface area contributed by atoms with Gasteiger partial charge >= 0.3 is 12.2 Å². The fourth-order valence-corrected chi connectivity index (χ4v) is 5.14. The molecule has 1 amide bonds. The molecule has 3 aromatic rings. The van der Waals surface area contributed by atoms with E-state index in [0.29, 0.717) is 4.68 Å². The first-order valence-corrected chi connectivity index (χ1v) is 15.3. The Hall–Kier alpha value is -2.71. The fraction of sp³-hybridized carbons (Fsp3) is 0.400. The van der Waals surface area contributed by atoms with Crippen LogP contribution in [0.1, 0.15) is 37.3 Å². The van der Waals surface area contributed by atoms with Crippen LogP contribution in [0, 0.1) is 6.92 Å².